The Bertz CT molecular complexity index is 529. The van der Waals surface area contributed by atoms with E-state index in [1.54, 1.807) is 7.05 Å². The second-order valence-corrected chi connectivity index (χ2v) is 4.02. The minimum absolute atomic E-state index is 0.366. The highest BCUT2D eigenvalue weighted by Gasteiger charge is 2.14. The fourth-order valence-electron chi connectivity index (χ4n) is 1.55. The molecular weight excluding hydrogens is 224 g/mol. The van der Waals surface area contributed by atoms with Gasteiger partial charge in [0.05, 0.1) is 5.56 Å². The predicted molar refractivity (Wildman–Crippen MR) is 63.8 cm³/mol. The second-order valence-electron chi connectivity index (χ2n) is 3.66. The number of rotatable bonds is 2. The molecule has 0 bridgehead atoms. The standard InChI is InChI=1S/C12H11ClN2O/c1-8-3-5-9(6-4-8)11-10(7-16)12(13)15(2)14-11/h3-7H,1-2H3. The molecule has 2 rings (SSSR count). The van der Waals surface area contributed by atoms with Gasteiger partial charge in [-0.2, -0.15) is 5.10 Å². The van der Waals surface area contributed by atoms with Crippen LogP contribution in [0.1, 0.15) is 15.9 Å². The Morgan fingerprint density at radius 2 is 1.94 bits per heavy atom. The maximum atomic E-state index is 11.0. The van der Waals surface area contributed by atoms with E-state index in [0.29, 0.717) is 16.4 Å². The van der Waals surface area contributed by atoms with Gasteiger partial charge in [-0.05, 0) is 6.92 Å². The molecule has 0 unspecified atom stereocenters. The third kappa shape index (κ3) is 1.74. The average molecular weight is 235 g/mol. The van der Waals surface area contributed by atoms with Crippen molar-refractivity contribution in [2.45, 2.75) is 6.92 Å². The van der Waals surface area contributed by atoms with Crippen molar-refractivity contribution in [1.29, 1.82) is 0 Å². The lowest BCUT2D eigenvalue weighted by Gasteiger charge is -1.98. The van der Waals surface area contributed by atoms with Crippen LogP contribution < -0.4 is 0 Å². The van der Waals surface area contributed by atoms with Crippen molar-refractivity contribution in [2.75, 3.05) is 0 Å². The highest BCUT2D eigenvalue weighted by Crippen LogP contribution is 2.26. The molecule has 0 amide bonds. The molecule has 0 aliphatic heterocycles. The SMILES string of the molecule is Cc1ccc(-c2nn(C)c(Cl)c2C=O)cc1. The molecule has 0 N–H and O–H groups in total. The largest absolute Gasteiger partial charge is 0.298 e. The van der Waals surface area contributed by atoms with Crippen molar-refractivity contribution in [3.8, 4) is 11.3 Å². The molecule has 0 fully saturated rings. The lowest BCUT2D eigenvalue weighted by atomic mass is 10.1. The first-order valence-corrected chi connectivity index (χ1v) is 5.26. The Kier molecular flexibility index (Phi) is 2.79. The Labute approximate surface area is 98.7 Å². The first kappa shape index (κ1) is 10.9. The van der Waals surface area contributed by atoms with Gasteiger partial charge in [-0.15, -0.1) is 0 Å². The molecule has 3 nitrogen and oxygen atoms in total. The summed E-state index contributed by atoms with van der Waals surface area (Å²) in [5, 5.41) is 4.60. The summed E-state index contributed by atoms with van der Waals surface area (Å²) in [5.41, 5.74) is 3.13. The minimum Gasteiger partial charge on any atom is -0.298 e. The summed E-state index contributed by atoms with van der Waals surface area (Å²) in [5.74, 6) is 0. The summed E-state index contributed by atoms with van der Waals surface area (Å²) in [7, 11) is 1.72. The van der Waals surface area contributed by atoms with Crippen molar-refractivity contribution >= 4 is 17.9 Å². The van der Waals surface area contributed by atoms with Crippen molar-refractivity contribution in [3.05, 3.63) is 40.5 Å². The number of aryl methyl sites for hydroxylation is 2. The third-order valence-electron chi connectivity index (χ3n) is 2.45. The van der Waals surface area contributed by atoms with Gasteiger partial charge in [-0.3, -0.25) is 9.48 Å². The number of benzene rings is 1. The van der Waals surface area contributed by atoms with Crippen LogP contribution in [0.5, 0.6) is 0 Å². The Balaban J connectivity index is 2.59. The van der Waals surface area contributed by atoms with Gasteiger partial charge >= 0.3 is 0 Å². The van der Waals surface area contributed by atoms with Crippen LogP contribution in [-0.2, 0) is 7.05 Å². The fourth-order valence-corrected chi connectivity index (χ4v) is 1.72. The van der Waals surface area contributed by atoms with Crippen LogP contribution in [0.25, 0.3) is 11.3 Å². The third-order valence-corrected chi connectivity index (χ3v) is 2.90. The number of hydrogen-bond donors (Lipinski definition) is 0. The number of aldehydes is 1. The average Bonchev–Trinajstić information content (AvgIpc) is 2.56. The molecule has 0 aliphatic rings. The summed E-state index contributed by atoms with van der Waals surface area (Å²) in [4.78, 5) is 11.0. The monoisotopic (exact) mass is 234 g/mol. The van der Waals surface area contributed by atoms with Crippen LogP contribution in [0, 0.1) is 6.92 Å². The van der Waals surface area contributed by atoms with Crippen LogP contribution in [0.2, 0.25) is 5.15 Å². The smallest absolute Gasteiger partial charge is 0.155 e. The van der Waals surface area contributed by atoms with E-state index in [4.69, 9.17) is 11.6 Å². The first-order valence-electron chi connectivity index (χ1n) is 4.88. The van der Waals surface area contributed by atoms with Crippen molar-refractivity contribution in [3.63, 3.8) is 0 Å². The van der Waals surface area contributed by atoms with Gasteiger partial charge in [-0.1, -0.05) is 41.4 Å². The molecule has 1 heterocycles. The summed E-state index contributed by atoms with van der Waals surface area (Å²) >= 11 is 5.96. The molecule has 0 saturated carbocycles. The summed E-state index contributed by atoms with van der Waals surface area (Å²) in [6, 6.07) is 7.82. The zero-order valence-corrected chi connectivity index (χ0v) is 9.82. The van der Waals surface area contributed by atoms with Crippen LogP contribution in [0.4, 0.5) is 0 Å². The van der Waals surface area contributed by atoms with Crippen LogP contribution in [-0.4, -0.2) is 16.1 Å². The number of aromatic nitrogens is 2. The molecule has 0 atom stereocenters. The lowest BCUT2D eigenvalue weighted by molar-refractivity contribution is 0.112. The topological polar surface area (TPSA) is 34.9 Å². The maximum absolute atomic E-state index is 11.0. The first-order chi connectivity index (χ1) is 7.63. The normalized spacial score (nSPS) is 10.4. The van der Waals surface area contributed by atoms with Crippen LogP contribution >= 0.6 is 11.6 Å². The Morgan fingerprint density at radius 1 is 1.31 bits per heavy atom. The number of halogens is 1. The predicted octanol–water partition coefficient (Wildman–Crippen LogP) is 2.86. The summed E-state index contributed by atoms with van der Waals surface area (Å²) in [6.45, 7) is 2.01. The van der Waals surface area contributed by atoms with Gasteiger partial charge < -0.3 is 0 Å². The molecule has 1 aromatic heterocycles. The molecule has 0 radical (unpaired) electrons. The van der Waals surface area contributed by atoms with Crippen LogP contribution in [0.3, 0.4) is 0 Å². The Morgan fingerprint density at radius 3 is 2.50 bits per heavy atom. The quantitative estimate of drug-likeness (QED) is 0.749. The molecule has 82 valence electrons. The number of carbonyl (C=O) groups excluding carboxylic acids is 1. The van der Waals surface area contributed by atoms with Crippen molar-refractivity contribution < 1.29 is 4.79 Å². The second kappa shape index (κ2) is 4.10. The highest BCUT2D eigenvalue weighted by atomic mass is 35.5. The van der Waals surface area contributed by atoms with Gasteiger partial charge in [0.15, 0.2) is 6.29 Å². The van der Waals surface area contributed by atoms with Gasteiger partial charge in [0.25, 0.3) is 0 Å². The van der Waals surface area contributed by atoms with E-state index in [0.717, 1.165) is 11.8 Å². The molecule has 2 aromatic rings. The molecule has 0 aliphatic carbocycles. The van der Waals surface area contributed by atoms with E-state index in [1.807, 2.05) is 31.2 Å². The molecule has 16 heavy (non-hydrogen) atoms. The van der Waals surface area contributed by atoms with E-state index in [-0.39, 0.29) is 0 Å². The van der Waals surface area contributed by atoms with Crippen molar-refractivity contribution in [1.82, 2.24) is 9.78 Å². The summed E-state index contributed by atoms with van der Waals surface area (Å²) < 4.78 is 1.50. The zero-order valence-electron chi connectivity index (χ0n) is 9.07. The minimum atomic E-state index is 0.366. The van der Waals surface area contributed by atoms with Crippen LogP contribution in [0.15, 0.2) is 24.3 Å². The Hall–Kier alpha value is -1.61. The molecule has 4 heteroatoms. The van der Waals surface area contributed by atoms with E-state index < -0.39 is 0 Å². The number of hydrogen-bond acceptors (Lipinski definition) is 2. The van der Waals surface area contributed by atoms with E-state index in [9.17, 15) is 4.79 Å². The lowest BCUT2D eigenvalue weighted by Crippen LogP contribution is -1.89. The van der Waals surface area contributed by atoms with E-state index in [1.165, 1.54) is 10.2 Å². The van der Waals surface area contributed by atoms with Gasteiger partial charge in [-0.25, -0.2) is 0 Å². The molecule has 1 aromatic carbocycles. The maximum Gasteiger partial charge on any atom is 0.155 e. The fraction of sp³-hybridized carbons (Fsp3) is 0.167. The molecule has 0 saturated heterocycles. The van der Waals surface area contributed by atoms with Gasteiger partial charge in [0, 0.05) is 12.6 Å². The van der Waals surface area contributed by atoms with Gasteiger partial charge in [0.1, 0.15) is 10.8 Å². The number of nitrogens with zero attached hydrogens (tertiary/aromatic N) is 2. The van der Waals surface area contributed by atoms with Crippen molar-refractivity contribution in [2.24, 2.45) is 7.05 Å². The van der Waals surface area contributed by atoms with E-state index in [2.05, 4.69) is 5.10 Å². The van der Waals surface area contributed by atoms with Gasteiger partial charge in [0.2, 0.25) is 0 Å². The molecule has 0 spiro atoms. The highest BCUT2D eigenvalue weighted by molar-refractivity contribution is 6.32. The summed E-state index contributed by atoms with van der Waals surface area (Å²) in [6.07, 6.45) is 0.741. The number of carbonyl (C=O) groups is 1. The zero-order chi connectivity index (χ0) is 11.7. The van der Waals surface area contributed by atoms with E-state index >= 15 is 0 Å². The molecular formula is C12H11ClN2O.